The predicted molar refractivity (Wildman–Crippen MR) is 166 cm³/mol. The van der Waals surface area contributed by atoms with Gasteiger partial charge >= 0.3 is 12.4 Å². The number of carbonyl (C=O) groups excluding carboxylic acids is 2. The van der Waals surface area contributed by atoms with E-state index in [0.29, 0.717) is 60.6 Å². The predicted octanol–water partition coefficient (Wildman–Crippen LogP) is 7.61. The molecule has 7 nitrogen and oxygen atoms in total. The Kier molecular flexibility index (Phi) is 9.92. The molecule has 0 atom stereocenters. The fourth-order valence-electron chi connectivity index (χ4n) is 5.35. The van der Waals surface area contributed by atoms with Gasteiger partial charge < -0.3 is 25.0 Å². The monoisotopic (exact) mass is 617 g/mol. The number of ether oxygens (including phenoxy) is 2. The lowest BCUT2D eigenvalue weighted by Crippen LogP contribution is -2.46. The van der Waals surface area contributed by atoms with Crippen molar-refractivity contribution >= 4 is 17.6 Å². The number of aryl methyl sites for hydroxylation is 1. The molecule has 0 aliphatic carbocycles. The van der Waals surface area contributed by atoms with Gasteiger partial charge in [-0.25, -0.2) is 4.79 Å². The summed E-state index contributed by atoms with van der Waals surface area (Å²) in [5.74, 6) is -0.105. The highest BCUT2D eigenvalue weighted by atomic mass is 19.4. The Morgan fingerprint density at radius 1 is 0.867 bits per heavy atom. The zero-order chi connectivity index (χ0) is 31.8. The number of alkyl halides is 3. The van der Waals surface area contributed by atoms with Gasteiger partial charge in [0.1, 0.15) is 17.6 Å². The van der Waals surface area contributed by atoms with E-state index in [0.717, 1.165) is 12.0 Å². The van der Waals surface area contributed by atoms with E-state index in [-0.39, 0.29) is 23.8 Å². The van der Waals surface area contributed by atoms with Crippen LogP contribution in [-0.2, 0) is 6.42 Å². The summed E-state index contributed by atoms with van der Waals surface area (Å²) >= 11 is 0. The van der Waals surface area contributed by atoms with Crippen LogP contribution in [0.2, 0.25) is 0 Å². The number of halogens is 3. The van der Waals surface area contributed by atoms with E-state index in [1.54, 1.807) is 35.2 Å². The molecule has 0 radical (unpaired) electrons. The number of likely N-dealkylation sites (tertiary alicyclic amines) is 1. The number of benzene rings is 4. The standard InChI is InChI=1S/C35H34F3N3O4/c1-24-7-5-12-31(32(24)26-13-15-29(16-14-26)45-35(36,37)38)33(42)40-27-10-6-11-30(23-27)44-28-18-21-41(22-19-28)34(43)39-20-17-25-8-3-2-4-9-25/h2-16,23,28H,17-22H2,1H3,(H,39,43)(H,40,42). The third kappa shape index (κ3) is 8.78. The quantitative estimate of drug-likeness (QED) is 0.203. The van der Waals surface area contributed by atoms with Gasteiger partial charge in [-0.15, -0.1) is 13.2 Å². The van der Waals surface area contributed by atoms with E-state index in [2.05, 4.69) is 15.4 Å². The molecular formula is C35H34F3N3O4. The molecule has 0 bridgehead atoms. The summed E-state index contributed by atoms with van der Waals surface area (Å²) in [6.07, 6.45) is -2.72. The average molecular weight is 618 g/mol. The number of carbonyl (C=O) groups is 2. The Morgan fingerprint density at radius 2 is 1.58 bits per heavy atom. The highest BCUT2D eigenvalue weighted by molar-refractivity contribution is 6.09. The van der Waals surface area contributed by atoms with Gasteiger partial charge in [0.2, 0.25) is 0 Å². The molecule has 1 aliphatic heterocycles. The van der Waals surface area contributed by atoms with Crippen molar-refractivity contribution in [3.05, 3.63) is 114 Å². The van der Waals surface area contributed by atoms with Gasteiger partial charge in [0.15, 0.2) is 0 Å². The lowest BCUT2D eigenvalue weighted by Gasteiger charge is -2.32. The molecule has 3 amide bonds. The summed E-state index contributed by atoms with van der Waals surface area (Å²) in [6, 6.07) is 27.7. The van der Waals surface area contributed by atoms with Gasteiger partial charge in [-0.3, -0.25) is 4.79 Å². The minimum atomic E-state index is -4.79. The molecule has 4 aromatic rings. The van der Waals surface area contributed by atoms with E-state index in [1.807, 2.05) is 49.4 Å². The molecule has 0 aromatic heterocycles. The average Bonchev–Trinajstić information content (AvgIpc) is 3.02. The van der Waals surface area contributed by atoms with Crippen LogP contribution in [0.15, 0.2) is 97.1 Å². The highest BCUT2D eigenvalue weighted by Crippen LogP contribution is 2.32. The van der Waals surface area contributed by atoms with Crippen LogP contribution in [0.5, 0.6) is 11.5 Å². The van der Waals surface area contributed by atoms with E-state index in [4.69, 9.17) is 4.74 Å². The summed E-state index contributed by atoms with van der Waals surface area (Å²) < 4.78 is 48.0. The zero-order valence-corrected chi connectivity index (χ0v) is 24.8. The van der Waals surface area contributed by atoms with E-state index < -0.39 is 6.36 Å². The summed E-state index contributed by atoms with van der Waals surface area (Å²) in [5, 5.41) is 5.91. The molecule has 2 N–H and O–H groups in total. The Labute approximate surface area is 260 Å². The van der Waals surface area contributed by atoms with Crippen molar-refractivity contribution in [2.45, 2.75) is 38.7 Å². The second-order valence-corrected chi connectivity index (χ2v) is 10.8. The number of rotatable bonds is 9. The van der Waals surface area contributed by atoms with Gasteiger partial charge in [-0.2, -0.15) is 0 Å². The minimum Gasteiger partial charge on any atom is -0.490 e. The maximum absolute atomic E-state index is 13.4. The van der Waals surface area contributed by atoms with Crippen molar-refractivity contribution in [2.24, 2.45) is 0 Å². The summed E-state index contributed by atoms with van der Waals surface area (Å²) in [7, 11) is 0. The van der Waals surface area contributed by atoms with Crippen molar-refractivity contribution in [1.29, 1.82) is 0 Å². The van der Waals surface area contributed by atoms with Gasteiger partial charge in [-0.05, 0) is 65.9 Å². The van der Waals surface area contributed by atoms with Crippen LogP contribution >= 0.6 is 0 Å². The number of nitrogens with zero attached hydrogens (tertiary/aromatic N) is 1. The van der Waals surface area contributed by atoms with Crippen LogP contribution in [0.3, 0.4) is 0 Å². The second-order valence-electron chi connectivity index (χ2n) is 10.8. The van der Waals surface area contributed by atoms with Crippen LogP contribution in [0.4, 0.5) is 23.7 Å². The number of hydrogen-bond donors (Lipinski definition) is 2. The van der Waals surface area contributed by atoms with Crippen LogP contribution in [0.1, 0.15) is 34.3 Å². The topological polar surface area (TPSA) is 79.9 Å². The Morgan fingerprint density at radius 3 is 2.29 bits per heavy atom. The number of piperidine rings is 1. The van der Waals surface area contributed by atoms with E-state index in [9.17, 15) is 22.8 Å². The summed E-state index contributed by atoms with van der Waals surface area (Å²) in [6.45, 7) is 3.57. The first-order chi connectivity index (χ1) is 21.6. The molecular weight excluding hydrogens is 583 g/mol. The molecule has 10 heteroatoms. The third-order valence-corrected chi connectivity index (χ3v) is 7.55. The van der Waals surface area contributed by atoms with Gasteiger partial charge in [0.25, 0.3) is 5.91 Å². The van der Waals surface area contributed by atoms with Crippen molar-refractivity contribution in [2.75, 3.05) is 25.0 Å². The van der Waals surface area contributed by atoms with Crippen molar-refractivity contribution < 1.29 is 32.2 Å². The molecule has 0 spiro atoms. The van der Waals surface area contributed by atoms with Crippen LogP contribution in [-0.4, -0.2) is 48.9 Å². The molecule has 1 saturated heterocycles. The smallest absolute Gasteiger partial charge is 0.490 e. The first-order valence-corrected chi connectivity index (χ1v) is 14.8. The SMILES string of the molecule is Cc1cccc(C(=O)Nc2cccc(OC3CCN(C(=O)NCCc4ccccc4)CC3)c2)c1-c1ccc(OC(F)(F)F)cc1. The lowest BCUT2D eigenvalue weighted by atomic mass is 9.94. The Hall–Kier alpha value is -4.99. The Balaban J connectivity index is 1.16. The van der Waals surface area contributed by atoms with Crippen LogP contribution < -0.4 is 20.1 Å². The highest BCUT2D eigenvalue weighted by Gasteiger charge is 2.31. The number of nitrogens with one attached hydrogen (secondary N) is 2. The molecule has 1 heterocycles. The summed E-state index contributed by atoms with van der Waals surface area (Å²) in [5.41, 5.74) is 4.07. The maximum atomic E-state index is 13.4. The second kappa shape index (κ2) is 14.2. The number of hydrogen-bond acceptors (Lipinski definition) is 4. The van der Waals surface area contributed by atoms with Crippen molar-refractivity contribution in [3.63, 3.8) is 0 Å². The molecule has 45 heavy (non-hydrogen) atoms. The molecule has 1 fully saturated rings. The molecule has 5 rings (SSSR count). The lowest BCUT2D eigenvalue weighted by molar-refractivity contribution is -0.274. The van der Waals surface area contributed by atoms with Crippen LogP contribution in [0.25, 0.3) is 11.1 Å². The minimum absolute atomic E-state index is 0.0722. The summed E-state index contributed by atoms with van der Waals surface area (Å²) in [4.78, 5) is 27.8. The maximum Gasteiger partial charge on any atom is 0.573 e. The van der Waals surface area contributed by atoms with Gasteiger partial charge in [0, 0.05) is 49.8 Å². The van der Waals surface area contributed by atoms with Crippen molar-refractivity contribution in [1.82, 2.24) is 10.2 Å². The molecule has 1 aliphatic rings. The van der Waals surface area contributed by atoms with Crippen molar-refractivity contribution in [3.8, 4) is 22.6 Å². The molecule has 234 valence electrons. The van der Waals surface area contributed by atoms with Gasteiger partial charge in [0.05, 0.1) is 0 Å². The number of amides is 3. The first-order valence-electron chi connectivity index (χ1n) is 14.8. The van der Waals surface area contributed by atoms with E-state index >= 15 is 0 Å². The number of urea groups is 1. The fraction of sp³-hybridized carbons (Fsp3) is 0.257. The van der Waals surface area contributed by atoms with Crippen LogP contribution in [0, 0.1) is 6.92 Å². The zero-order valence-electron chi connectivity index (χ0n) is 24.8. The molecule has 0 saturated carbocycles. The van der Waals surface area contributed by atoms with E-state index in [1.165, 1.54) is 29.8 Å². The number of anilines is 1. The first kappa shape index (κ1) is 31.4. The largest absolute Gasteiger partial charge is 0.573 e. The fourth-order valence-corrected chi connectivity index (χ4v) is 5.35. The Bertz CT molecular complexity index is 1600. The molecule has 4 aromatic carbocycles. The molecule has 0 unspecified atom stereocenters. The van der Waals surface area contributed by atoms with Gasteiger partial charge in [-0.1, -0.05) is 60.7 Å². The third-order valence-electron chi connectivity index (χ3n) is 7.55. The normalized spacial score (nSPS) is 13.6.